The predicted octanol–water partition coefficient (Wildman–Crippen LogP) is 13.0. The highest BCUT2D eigenvalue weighted by molar-refractivity contribution is 6.25. The van der Waals surface area contributed by atoms with Gasteiger partial charge in [0.25, 0.3) is 0 Å². The third-order valence-corrected chi connectivity index (χ3v) is 10.8. The van der Waals surface area contributed by atoms with Crippen LogP contribution >= 0.6 is 0 Å². The van der Waals surface area contributed by atoms with E-state index in [9.17, 15) is 0 Å². The van der Waals surface area contributed by atoms with Crippen LogP contribution in [0.2, 0.25) is 0 Å². The van der Waals surface area contributed by atoms with Crippen molar-refractivity contribution in [1.82, 2.24) is 0 Å². The molecule has 0 amide bonds. The molecule has 47 heavy (non-hydrogen) atoms. The Morgan fingerprint density at radius 1 is 0.319 bits per heavy atom. The van der Waals surface area contributed by atoms with Crippen LogP contribution in [0.25, 0.3) is 87.6 Å². The number of hydrogen-bond donors (Lipinski definition) is 0. The third-order valence-electron chi connectivity index (χ3n) is 10.8. The molecule has 0 saturated heterocycles. The monoisotopic (exact) mass is 596 g/mol. The van der Waals surface area contributed by atoms with E-state index in [1.54, 1.807) is 0 Å². The lowest BCUT2D eigenvalue weighted by Crippen LogP contribution is -2.15. The Hall–Kier alpha value is -5.72. The van der Waals surface area contributed by atoms with Crippen molar-refractivity contribution in [3.63, 3.8) is 0 Å². The molecule has 10 rings (SSSR count). The molecular weight excluding hydrogens is 565 g/mol. The minimum Gasteiger partial charge on any atom is -0.0616 e. The second-order valence-electron chi connectivity index (χ2n) is 13.7. The van der Waals surface area contributed by atoms with Crippen LogP contribution in [0.1, 0.15) is 25.0 Å². The zero-order valence-electron chi connectivity index (χ0n) is 26.5. The van der Waals surface area contributed by atoms with Crippen molar-refractivity contribution < 1.29 is 0 Å². The van der Waals surface area contributed by atoms with Crippen molar-refractivity contribution in [1.29, 1.82) is 0 Å². The zero-order valence-corrected chi connectivity index (χ0v) is 26.5. The molecule has 0 heterocycles. The summed E-state index contributed by atoms with van der Waals surface area (Å²) in [4.78, 5) is 0. The molecule has 0 aliphatic heterocycles. The van der Waals surface area contributed by atoms with Crippen LogP contribution in [0, 0.1) is 0 Å². The second-order valence-corrected chi connectivity index (χ2v) is 13.7. The fourth-order valence-corrected chi connectivity index (χ4v) is 8.41. The molecule has 0 bridgehead atoms. The summed E-state index contributed by atoms with van der Waals surface area (Å²) in [5.41, 5.74) is 13.0. The molecule has 1 aliphatic rings. The molecule has 0 atom stereocenters. The first kappa shape index (κ1) is 26.5. The topological polar surface area (TPSA) is 0 Å². The summed E-state index contributed by atoms with van der Waals surface area (Å²) in [7, 11) is 0. The average molecular weight is 597 g/mol. The lowest BCUT2D eigenvalue weighted by Gasteiger charge is -2.22. The van der Waals surface area contributed by atoms with Gasteiger partial charge in [-0.15, -0.1) is 0 Å². The van der Waals surface area contributed by atoms with Crippen molar-refractivity contribution in [3.05, 3.63) is 169 Å². The van der Waals surface area contributed by atoms with E-state index < -0.39 is 0 Å². The summed E-state index contributed by atoms with van der Waals surface area (Å²) in [6.45, 7) is 4.75. The Morgan fingerprint density at radius 2 is 0.894 bits per heavy atom. The third kappa shape index (κ3) is 3.82. The van der Waals surface area contributed by atoms with E-state index in [-0.39, 0.29) is 5.41 Å². The van der Waals surface area contributed by atoms with Crippen LogP contribution in [0.3, 0.4) is 0 Å². The molecule has 0 N–H and O–H groups in total. The van der Waals surface area contributed by atoms with Crippen LogP contribution in [0.4, 0.5) is 0 Å². The van der Waals surface area contributed by atoms with E-state index in [2.05, 4.69) is 172 Å². The lowest BCUT2D eigenvalue weighted by atomic mass is 9.81. The van der Waals surface area contributed by atoms with Gasteiger partial charge in [0.1, 0.15) is 0 Å². The number of hydrogen-bond acceptors (Lipinski definition) is 0. The first-order chi connectivity index (χ1) is 23.0. The maximum atomic E-state index is 2.44. The fourth-order valence-electron chi connectivity index (χ4n) is 8.41. The molecule has 0 fully saturated rings. The predicted molar refractivity (Wildman–Crippen MR) is 202 cm³/mol. The summed E-state index contributed by atoms with van der Waals surface area (Å²) >= 11 is 0. The van der Waals surface area contributed by atoms with Crippen molar-refractivity contribution in [2.45, 2.75) is 19.3 Å². The molecule has 9 aromatic rings. The largest absolute Gasteiger partial charge is 0.0616 e. The van der Waals surface area contributed by atoms with Crippen LogP contribution in [0.15, 0.2) is 158 Å². The van der Waals surface area contributed by atoms with Crippen LogP contribution in [-0.2, 0) is 5.41 Å². The van der Waals surface area contributed by atoms with E-state index in [1.165, 1.54) is 98.7 Å². The van der Waals surface area contributed by atoms with Crippen LogP contribution in [-0.4, -0.2) is 0 Å². The number of fused-ring (bicyclic) bond motifs is 4. The van der Waals surface area contributed by atoms with Gasteiger partial charge in [0.15, 0.2) is 0 Å². The van der Waals surface area contributed by atoms with Gasteiger partial charge in [-0.05, 0) is 123 Å². The first-order valence-corrected chi connectivity index (χ1v) is 16.6. The van der Waals surface area contributed by atoms with E-state index in [0.29, 0.717) is 0 Å². The van der Waals surface area contributed by atoms with Gasteiger partial charge in [0.2, 0.25) is 0 Å². The maximum Gasteiger partial charge on any atom is 0.0159 e. The molecule has 0 unspecified atom stereocenters. The molecule has 0 saturated carbocycles. The lowest BCUT2D eigenvalue weighted by molar-refractivity contribution is 0.661. The Kier molecular flexibility index (Phi) is 5.44. The first-order valence-electron chi connectivity index (χ1n) is 16.6. The van der Waals surface area contributed by atoms with E-state index in [4.69, 9.17) is 0 Å². The van der Waals surface area contributed by atoms with Crippen molar-refractivity contribution >= 4 is 43.1 Å². The highest BCUT2D eigenvalue weighted by Crippen LogP contribution is 2.51. The molecule has 0 radical (unpaired) electrons. The maximum absolute atomic E-state index is 2.44. The highest BCUT2D eigenvalue weighted by Gasteiger charge is 2.36. The summed E-state index contributed by atoms with van der Waals surface area (Å²) in [6.07, 6.45) is 0. The van der Waals surface area contributed by atoms with Gasteiger partial charge in [0, 0.05) is 5.41 Å². The van der Waals surface area contributed by atoms with Crippen molar-refractivity contribution in [2.24, 2.45) is 0 Å². The molecular formula is C47H32. The molecule has 0 nitrogen and oxygen atoms in total. The van der Waals surface area contributed by atoms with E-state index >= 15 is 0 Å². The van der Waals surface area contributed by atoms with Gasteiger partial charge in [-0.3, -0.25) is 0 Å². The quantitative estimate of drug-likeness (QED) is 0.178. The van der Waals surface area contributed by atoms with Gasteiger partial charge in [0.05, 0.1) is 0 Å². The molecule has 0 aromatic heterocycles. The van der Waals surface area contributed by atoms with Crippen molar-refractivity contribution in [3.8, 4) is 44.5 Å². The number of benzene rings is 9. The molecule has 220 valence electrons. The fraction of sp³-hybridized carbons (Fsp3) is 0.0638. The minimum atomic E-state index is -0.0655. The standard InChI is InChI=1S/C47H32/c1-47(2)43-28-35(21-23-40(43)42-26-33-9-3-4-10-34(33)27-44(42)47)32-13-8-14-36(25-32)37-15-5-6-16-38(37)39-22-19-31-18-17-29-11-7-12-30-20-24-41(39)46(31)45(29)30/h3-28H,1-2H3. The van der Waals surface area contributed by atoms with E-state index in [1.807, 2.05) is 0 Å². The Labute approximate surface area is 274 Å². The molecule has 1 aliphatic carbocycles. The smallest absolute Gasteiger partial charge is 0.0159 e. The van der Waals surface area contributed by atoms with Crippen molar-refractivity contribution in [2.75, 3.05) is 0 Å². The zero-order chi connectivity index (χ0) is 31.3. The van der Waals surface area contributed by atoms with Gasteiger partial charge in [-0.25, -0.2) is 0 Å². The van der Waals surface area contributed by atoms with E-state index in [0.717, 1.165) is 0 Å². The minimum absolute atomic E-state index is 0.0655. The molecule has 0 heteroatoms. The van der Waals surface area contributed by atoms with Gasteiger partial charge in [-0.1, -0.05) is 147 Å². The molecule has 0 spiro atoms. The Balaban J connectivity index is 1.10. The highest BCUT2D eigenvalue weighted by atomic mass is 14.4. The van der Waals surface area contributed by atoms with Gasteiger partial charge >= 0.3 is 0 Å². The number of rotatable bonds is 3. The van der Waals surface area contributed by atoms with Gasteiger partial charge in [-0.2, -0.15) is 0 Å². The summed E-state index contributed by atoms with van der Waals surface area (Å²) in [6, 6.07) is 59.0. The normalized spacial score (nSPS) is 13.5. The van der Waals surface area contributed by atoms with Gasteiger partial charge < -0.3 is 0 Å². The summed E-state index contributed by atoms with van der Waals surface area (Å²) in [5, 5.41) is 10.5. The summed E-state index contributed by atoms with van der Waals surface area (Å²) in [5.74, 6) is 0. The van der Waals surface area contributed by atoms with Crippen LogP contribution in [0.5, 0.6) is 0 Å². The SMILES string of the molecule is CC1(C)c2cc(-c3cccc(-c4ccccc4-c4ccc5ccc6cccc7ccc4c5c67)c3)ccc2-c2cc3ccccc3cc21. The molecule has 9 aromatic carbocycles. The summed E-state index contributed by atoms with van der Waals surface area (Å²) < 4.78 is 0. The second kappa shape index (κ2) is 9.64. The average Bonchev–Trinajstić information content (AvgIpc) is 3.34. The van der Waals surface area contributed by atoms with Crippen LogP contribution < -0.4 is 0 Å². The Morgan fingerprint density at radius 3 is 1.72 bits per heavy atom. The Bertz CT molecular complexity index is 2690.